The smallest absolute Gasteiger partial charge is 0.367 e. The van der Waals surface area contributed by atoms with Gasteiger partial charge in [-0.2, -0.15) is 13.5 Å². The number of para-hydroxylation sites is 1. The van der Waals surface area contributed by atoms with Crippen LogP contribution in [0.25, 0.3) is 5.70 Å². The summed E-state index contributed by atoms with van der Waals surface area (Å²) >= 11 is 0. The number of benzene rings is 1. The van der Waals surface area contributed by atoms with Gasteiger partial charge < -0.3 is 25.1 Å². The molecule has 0 bridgehead atoms. The van der Waals surface area contributed by atoms with Crippen molar-refractivity contribution in [3.8, 4) is 5.75 Å². The number of hydrogen-bond donors (Lipinski definition) is 2. The first-order chi connectivity index (χ1) is 17.4. The van der Waals surface area contributed by atoms with Crippen molar-refractivity contribution in [2.75, 3.05) is 32.6 Å². The second-order valence-electron chi connectivity index (χ2n) is 8.83. The number of nitrogens with two attached hydrogens (primary N) is 1. The maximum Gasteiger partial charge on any atom is 0.367 e. The quantitative estimate of drug-likeness (QED) is 0.372. The average molecular weight is 530 g/mol. The average Bonchev–Trinajstić information content (AvgIpc) is 3.42. The Morgan fingerprint density at radius 2 is 1.86 bits per heavy atom. The largest absolute Gasteiger partial charge is 0.505 e. The third kappa shape index (κ3) is 5.70. The molecule has 12 heteroatoms. The summed E-state index contributed by atoms with van der Waals surface area (Å²) in [6.45, 7) is 9.76. The first-order valence-corrected chi connectivity index (χ1v) is 13.3. The van der Waals surface area contributed by atoms with Gasteiger partial charge in [0.2, 0.25) is 0 Å². The van der Waals surface area contributed by atoms with Gasteiger partial charge in [0.1, 0.15) is 17.3 Å². The van der Waals surface area contributed by atoms with Crippen molar-refractivity contribution in [1.29, 1.82) is 0 Å². The maximum absolute atomic E-state index is 12.5. The molecular weight excluding hydrogens is 494 g/mol. The van der Waals surface area contributed by atoms with E-state index in [0.717, 1.165) is 11.3 Å². The lowest BCUT2D eigenvalue weighted by molar-refractivity contribution is 0.305. The summed E-state index contributed by atoms with van der Waals surface area (Å²) in [6, 6.07) is 8.63. The van der Waals surface area contributed by atoms with Crippen LogP contribution < -0.4 is 10.6 Å². The number of rotatable bonds is 9. The van der Waals surface area contributed by atoms with Gasteiger partial charge in [-0.25, -0.2) is 0 Å². The fourth-order valence-electron chi connectivity index (χ4n) is 4.39. The standard InChI is InChI=1S/C25H35N7O4S/c1-8-19(21-13-12-17(3)36-21)30(5)24-25(29-37(34,35)28-24)31(6)20-11-9-10-18(23(20)33)22(32(7)27-4)16(2)14-15-26/h9-13,19,33H,4,8,14-15,26H2,1-3,5-7H3/b22-16+/t19-/m1/s1. The number of aromatic hydroxyl groups is 1. The maximum atomic E-state index is 12.5. The monoisotopic (exact) mass is 529 g/mol. The third-order valence-corrected chi connectivity index (χ3v) is 7.10. The second kappa shape index (κ2) is 11.2. The molecule has 0 saturated heterocycles. The van der Waals surface area contributed by atoms with Crippen molar-refractivity contribution in [3.63, 3.8) is 0 Å². The van der Waals surface area contributed by atoms with E-state index in [4.69, 9.17) is 10.2 Å². The molecule has 1 aliphatic heterocycles. The van der Waals surface area contributed by atoms with Gasteiger partial charge in [-0.05, 0) is 63.1 Å². The summed E-state index contributed by atoms with van der Waals surface area (Å²) in [6.07, 6.45) is 1.22. The van der Waals surface area contributed by atoms with Crippen LogP contribution in [0, 0.1) is 6.92 Å². The highest BCUT2D eigenvalue weighted by molar-refractivity contribution is 7.89. The van der Waals surface area contributed by atoms with Gasteiger partial charge in [-0.3, -0.25) is 5.01 Å². The van der Waals surface area contributed by atoms with E-state index in [1.54, 1.807) is 49.3 Å². The Balaban J connectivity index is 2.08. The zero-order valence-corrected chi connectivity index (χ0v) is 22.9. The Kier molecular flexibility index (Phi) is 8.44. The van der Waals surface area contributed by atoms with Crippen molar-refractivity contribution < 1.29 is 17.9 Å². The van der Waals surface area contributed by atoms with E-state index in [0.29, 0.717) is 42.1 Å². The Morgan fingerprint density at radius 3 is 2.43 bits per heavy atom. The molecule has 200 valence electrons. The molecule has 0 fully saturated rings. The zero-order valence-electron chi connectivity index (χ0n) is 22.1. The minimum atomic E-state index is -4.11. The van der Waals surface area contributed by atoms with E-state index in [1.165, 1.54) is 4.90 Å². The van der Waals surface area contributed by atoms with Gasteiger partial charge in [-0.1, -0.05) is 13.0 Å². The normalized spacial score (nSPS) is 16.0. The molecule has 0 aliphatic carbocycles. The molecule has 0 radical (unpaired) electrons. The summed E-state index contributed by atoms with van der Waals surface area (Å²) in [7, 11) is 0.989. The van der Waals surface area contributed by atoms with Crippen molar-refractivity contribution in [2.45, 2.75) is 39.7 Å². The Bertz CT molecular complexity index is 1360. The highest BCUT2D eigenvalue weighted by Crippen LogP contribution is 2.38. The molecule has 2 aromatic rings. The highest BCUT2D eigenvalue weighted by Gasteiger charge is 2.35. The van der Waals surface area contributed by atoms with E-state index >= 15 is 0 Å². The van der Waals surface area contributed by atoms with E-state index < -0.39 is 10.2 Å². The SMILES string of the molecule is C=NN(C)/C(=C(\C)CCN)c1cccc(N(C)C2=NS(=O)(=O)N=C2N(C)[C@H](CC)c2ccc(C)o2)c1O. The molecule has 0 amide bonds. The molecule has 1 aliphatic rings. The molecule has 11 nitrogen and oxygen atoms in total. The number of hydrogen-bond acceptors (Lipinski definition) is 9. The van der Waals surface area contributed by atoms with Crippen molar-refractivity contribution in [1.82, 2.24) is 9.91 Å². The van der Waals surface area contributed by atoms with E-state index in [1.807, 2.05) is 32.9 Å². The molecule has 3 N–H and O–H groups in total. The van der Waals surface area contributed by atoms with Crippen LogP contribution in [-0.2, 0) is 10.2 Å². The summed E-state index contributed by atoms with van der Waals surface area (Å²) in [5.74, 6) is 1.59. The zero-order chi connectivity index (χ0) is 27.5. The molecule has 1 atom stereocenters. The molecule has 3 rings (SSSR count). The number of amidine groups is 2. The topological polar surface area (TPSA) is 140 Å². The minimum absolute atomic E-state index is 0.0745. The molecule has 0 spiro atoms. The van der Waals surface area contributed by atoms with Crippen molar-refractivity contribution in [2.24, 2.45) is 19.6 Å². The number of furan rings is 1. The Labute approximate surface area is 218 Å². The van der Waals surface area contributed by atoms with Gasteiger partial charge in [0.05, 0.1) is 17.4 Å². The van der Waals surface area contributed by atoms with Crippen molar-refractivity contribution >= 4 is 40.0 Å². The lowest BCUT2D eigenvalue weighted by atomic mass is 10.0. The lowest BCUT2D eigenvalue weighted by Crippen LogP contribution is -2.42. The molecule has 0 saturated carbocycles. The second-order valence-corrected chi connectivity index (χ2v) is 10.1. The number of aryl methyl sites for hydroxylation is 1. The fourth-order valence-corrected chi connectivity index (χ4v) is 5.29. The van der Waals surface area contributed by atoms with Gasteiger partial charge in [-0.15, -0.1) is 8.80 Å². The number of likely N-dealkylation sites (N-methyl/N-ethyl adjacent to an activating group) is 2. The summed E-state index contributed by atoms with van der Waals surface area (Å²) in [5.41, 5.74) is 8.17. The summed E-state index contributed by atoms with van der Waals surface area (Å²) in [4.78, 5) is 3.24. The summed E-state index contributed by atoms with van der Waals surface area (Å²) in [5, 5.41) is 16.9. The molecule has 37 heavy (non-hydrogen) atoms. The van der Waals surface area contributed by atoms with Crippen LogP contribution >= 0.6 is 0 Å². The van der Waals surface area contributed by atoms with E-state index in [-0.39, 0.29) is 23.5 Å². The number of phenolic OH excluding ortho intramolecular Hbond substituents is 1. The number of hydrazone groups is 1. The lowest BCUT2D eigenvalue weighted by Gasteiger charge is -2.30. The van der Waals surface area contributed by atoms with Crippen molar-refractivity contribution in [3.05, 3.63) is 53.0 Å². The van der Waals surface area contributed by atoms with Gasteiger partial charge in [0.15, 0.2) is 11.7 Å². The van der Waals surface area contributed by atoms with Gasteiger partial charge in [0.25, 0.3) is 0 Å². The molecule has 2 heterocycles. The van der Waals surface area contributed by atoms with E-state index in [2.05, 4.69) is 20.6 Å². The number of anilines is 1. The fraction of sp³-hybridized carbons (Fsp3) is 0.400. The Hall–Kier alpha value is -3.64. The predicted octanol–water partition coefficient (Wildman–Crippen LogP) is 3.50. The van der Waals surface area contributed by atoms with E-state index in [9.17, 15) is 13.5 Å². The first-order valence-electron chi connectivity index (χ1n) is 11.9. The molecule has 1 aromatic heterocycles. The predicted molar refractivity (Wildman–Crippen MR) is 148 cm³/mol. The summed E-state index contributed by atoms with van der Waals surface area (Å²) < 4.78 is 38.7. The van der Waals surface area contributed by atoms with Crippen LogP contribution in [0.3, 0.4) is 0 Å². The third-order valence-electron chi connectivity index (χ3n) is 6.29. The Morgan fingerprint density at radius 1 is 1.19 bits per heavy atom. The van der Waals surface area contributed by atoms with Crippen LogP contribution in [-0.4, -0.2) is 69.5 Å². The molecule has 0 unspecified atom stereocenters. The van der Waals surface area contributed by atoms with Crippen LogP contribution in [0.2, 0.25) is 0 Å². The van der Waals surface area contributed by atoms with Gasteiger partial charge >= 0.3 is 10.2 Å². The van der Waals surface area contributed by atoms with Gasteiger partial charge in [0, 0.05) is 33.4 Å². The number of nitrogens with zero attached hydrogens (tertiary/aromatic N) is 6. The number of phenols is 1. The van der Waals surface area contributed by atoms with Crippen LogP contribution in [0.1, 0.15) is 49.8 Å². The first kappa shape index (κ1) is 27.9. The highest BCUT2D eigenvalue weighted by atomic mass is 32.2. The van der Waals surface area contributed by atoms with Crippen LogP contribution in [0.5, 0.6) is 5.75 Å². The minimum Gasteiger partial charge on any atom is -0.505 e. The molecule has 1 aromatic carbocycles. The van der Waals surface area contributed by atoms with Crippen LogP contribution in [0.4, 0.5) is 5.69 Å². The van der Waals surface area contributed by atoms with Crippen LogP contribution in [0.15, 0.2) is 54.2 Å². The molecular formula is C25H35N7O4S.